The fourth-order valence-corrected chi connectivity index (χ4v) is 2.26. The number of rotatable bonds is 4. The Labute approximate surface area is 142 Å². The van der Waals surface area contributed by atoms with E-state index >= 15 is 0 Å². The SMILES string of the molecule is Cc1ccc(O)c(C(=O)OCC(=O)Nc2ccc(Cl)cc2Cl)c1. The normalized spacial score (nSPS) is 10.2. The van der Waals surface area contributed by atoms with Gasteiger partial charge in [-0.15, -0.1) is 0 Å². The second-order valence-electron chi connectivity index (χ2n) is 4.77. The number of hydrogen-bond donors (Lipinski definition) is 2. The molecule has 0 aliphatic carbocycles. The van der Waals surface area contributed by atoms with Crippen molar-refractivity contribution in [3.05, 3.63) is 57.6 Å². The van der Waals surface area contributed by atoms with Crippen LogP contribution in [-0.4, -0.2) is 23.6 Å². The van der Waals surface area contributed by atoms with Crippen LogP contribution in [0.5, 0.6) is 5.75 Å². The molecule has 0 fully saturated rings. The number of carbonyl (C=O) groups is 2. The van der Waals surface area contributed by atoms with Gasteiger partial charge in [-0.05, 0) is 37.3 Å². The third-order valence-corrected chi connectivity index (χ3v) is 3.46. The molecule has 2 rings (SSSR count). The van der Waals surface area contributed by atoms with Crippen molar-refractivity contribution in [3.8, 4) is 5.75 Å². The number of esters is 1. The Hall–Kier alpha value is -2.24. The zero-order chi connectivity index (χ0) is 17.0. The monoisotopic (exact) mass is 353 g/mol. The maximum atomic E-state index is 11.9. The topological polar surface area (TPSA) is 75.6 Å². The van der Waals surface area contributed by atoms with Crippen LogP contribution >= 0.6 is 23.2 Å². The summed E-state index contributed by atoms with van der Waals surface area (Å²) in [5.41, 5.74) is 1.14. The fraction of sp³-hybridized carbons (Fsp3) is 0.125. The van der Waals surface area contributed by atoms with E-state index in [2.05, 4.69) is 5.32 Å². The largest absolute Gasteiger partial charge is 0.507 e. The van der Waals surface area contributed by atoms with Crippen molar-refractivity contribution >= 4 is 40.8 Å². The molecule has 2 N–H and O–H groups in total. The summed E-state index contributed by atoms with van der Waals surface area (Å²) < 4.78 is 4.88. The Bertz CT molecular complexity index is 762. The molecule has 0 saturated heterocycles. The molecule has 23 heavy (non-hydrogen) atoms. The van der Waals surface area contributed by atoms with Crippen molar-refractivity contribution in [1.82, 2.24) is 0 Å². The molecule has 0 heterocycles. The Morgan fingerprint density at radius 2 is 1.91 bits per heavy atom. The van der Waals surface area contributed by atoms with Crippen LogP contribution in [0.3, 0.4) is 0 Å². The number of aryl methyl sites for hydroxylation is 1. The minimum Gasteiger partial charge on any atom is -0.507 e. The number of carbonyl (C=O) groups excluding carboxylic acids is 2. The highest BCUT2D eigenvalue weighted by Gasteiger charge is 2.15. The molecule has 0 radical (unpaired) electrons. The molecule has 0 aromatic heterocycles. The molecule has 0 bridgehead atoms. The highest BCUT2D eigenvalue weighted by atomic mass is 35.5. The van der Waals surface area contributed by atoms with E-state index in [0.717, 1.165) is 5.56 Å². The molecule has 0 aliphatic rings. The van der Waals surface area contributed by atoms with Crippen molar-refractivity contribution in [2.24, 2.45) is 0 Å². The van der Waals surface area contributed by atoms with Gasteiger partial charge in [0.15, 0.2) is 6.61 Å². The van der Waals surface area contributed by atoms with E-state index in [4.69, 9.17) is 27.9 Å². The number of phenolic OH excluding ortho intramolecular Hbond substituents is 1. The number of aromatic hydroxyl groups is 1. The van der Waals surface area contributed by atoms with Gasteiger partial charge in [0.25, 0.3) is 5.91 Å². The van der Waals surface area contributed by atoms with Crippen LogP contribution in [0, 0.1) is 6.92 Å². The molecule has 0 aliphatic heterocycles. The van der Waals surface area contributed by atoms with Crippen LogP contribution in [-0.2, 0) is 9.53 Å². The zero-order valence-electron chi connectivity index (χ0n) is 12.1. The van der Waals surface area contributed by atoms with Crippen molar-refractivity contribution in [2.75, 3.05) is 11.9 Å². The van der Waals surface area contributed by atoms with Crippen molar-refractivity contribution in [2.45, 2.75) is 6.92 Å². The lowest BCUT2D eigenvalue weighted by atomic mass is 10.1. The predicted molar refractivity (Wildman–Crippen MR) is 88.2 cm³/mol. The van der Waals surface area contributed by atoms with Gasteiger partial charge in [-0.2, -0.15) is 0 Å². The summed E-state index contributed by atoms with van der Waals surface area (Å²) in [5, 5.41) is 12.8. The number of nitrogens with one attached hydrogen (secondary N) is 1. The molecule has 0 atom stereocenters. The summed E-state index contributed by atoms with van der Waals surface area (Å²) in [5.74, 6) is -1.56. The summed E-state index contributed by atoms with van der Waals surface area (Å²) in [4.78, 5) is 23.7. The van der Waals surface area contributed by atoms with Gasteiger partial charge in [-0.3, -0.25) is 4.79 Å². The summed E-state index contributed by atoms with van der Waals surface area (Å²) in [6.45, 7) is 1.26. The lowest BCUT2D eigenvalue weighted by Crippen LogP contribution is -2.21. The van der Waals surface area contributed by atoms with E-state index in [1.807, 2.05) is 0 Å². The number of halogens is 2. The van der Waals surface area contributed by atoms with Gasteiger partial charge in [0, 0.05) is 5.02 Å². The summed E-state index contributed by atoms with van der Waals surface area (Å²) >= 11 is 11.7. The number of anilines is 1. The van der Waals surface area contributed by atoms with Crippen LogP contribution in [0.1, 0.15) is 15.9 Å². The van der Waals surface area contributed by atoms with Gasteiger partial charge in [0.2, 0.25) is 0 Å². The lowest BCUT2D eigenvalue weighted by molar-refractivity contribution is -0.119. The van der Waals surface area contributed by atoms with E-state index in [-0.39, 0.29) is 16.3 Å². The Morgan fingerprint density at radius 1 is 1.17 bits per heavy atom. The second-order valence-corrected chi connectivity index (χ2v) is 5.61. The van der Waals surface area contributed by atoms with Gasteiger partial charge in [0.1, 0.15) is 11.3 Å². The lowest BCUT2D eigenvalue weighted by Gasteiger charge is -2.09. The van der Waals surface area contributed by atoms with Crippen LogP contribution < -0.4 is 5.32 Å². The quantitative estimate of drug-likeness (QED) is 0.819. The number of hydrogen-bond acceptors (Lipinski definition) is 4. The average Bonchev–Trinajstić information content (AvgIpc) is 2.50. The molecule has 0 spiro atoms. The van der Waals surface area contributed by atoms with E-state index < -0.39 is 18.5 Å². The van der Waals surface area contributed by atoms with Gasteiger partial charge in [-0.25, -0.2) is 4.79 Å². The Kier molecular flexibility index (Phi) is 5.47. The molecule has 120 valence electrons. The Morgan fingerprint density at radius 3 is 2.61 bits per heavy atom. The summed E-state index contributed by atoms with van der Waals surface area (Å²) in [6, 6.07) is 9.11. The summed E-state index contributed by atoms with van der Waals surface area (Å²) in [6.07, 6.45) is 0. The first-order valence-corrected chi connectivity index (χ1v) is 7.34. The van der Waals surface area contributed by atoms with E-state index in [1.54, 1.807) is 19.1 Å². The van der Waals surface area contributed by atoms with Crippen molar-refractivity contribution < 1.29 is 19.4 Å². The maximum absolute atomic E-state index is 11.9. The van der Waals surface area contributed by atoms with E-state index in [9.17, 15) is 14.7 Å². The molecule has 1 amide bonds. The zero-order valence-corrected chi connectivity index (χ0v) is 13.6. The standard InChI is InChI=1S/C16H13Cl2NO4/c1-9-2-5-14(20)11(6-9)16(22)23-8-15(21)19-13-4-3-10(17)7-12(13)18/h2-7,20H,8H2,1H3,(H,19,21). The highest BCUT2D eigenvalue weighted by molar-refractivity contribution is 6.36. The highest BCUT2D eigenvalue weighted by Crippen LogP contribution is 2.25. The smallest absolute Gasteiger partial charge is 0.342 e. The van der Waals surface area contributed by atoms with Crippen LogP contribution in [0.25, 0.3) is 0 Å². The number of phenols is 1. The number of benzene rings is 2. The molecular weight excluding hydrogens is 341 g/mol. The fourth-order valence-electron chi connectivity index (χ4n) is 1.80. The Balaban J connectivity index is 1.96. The van der Waals surface area contributed by atoms with Gasteiger partial charge in [-0.1, -0.05) is 34.8 Å². The first-order valence-electron chi connectivity index (χ1n) is 6.58. The molecule has 2 aromatic carbocycles. The molecule has 0 unspecified atom stereocenters. The van der Waals surface area contributed by atoms with E-state index in [1.165, 1.54) is 24.3 Å². The third-order valence-electron chi connectivity index (χ3n) is 2.91. The minimum atomic E-state index is -0.788. The number of amides is 1. The molecule has 0 saturated carbocycles. The minimum absolute atomic E-state index is 0.00215. The van der Waals surface area contributed by atoms with Gasteiger partial charge < -0.3 is 15.2 Å². The maximum Gasteiger partial charge on any atom is 0.342 e. The third kappa shape index (κ3) is 4.61. The van der Waals surface area contributed by atoms with Crippen LogP contribution in [0.15, 0.2) is 36.4 Å². The van der Waals surface area contributed by atoms with Gasteiger partial charge >= 0.3 is 5.97 Å². The molecule has 5 nitrogen and oxygen atoms in total. The second kappa shape index (κ2) is 7.35. The van der Waals surface area contributed by atoms with Crippen LogP contribution in [0.2, 0.25) is 10.0 Å². The molecule has 7 heteroatoms. The van der Waals surface area contributed by atoms with Crippen LogP contribution in [0.4, 0.5) is 5.69 Å². The average molecular weight is 354 g/mol. The first-order chi connectivity index (χ1) is 10.9. The van der Waals surface area contributed by atoms with E-state index in [0.29, 0.717) is 10.7 Å². The number of ether oxygens (including phenoxy) is 1. The summed E-state index contributed by atoms with van der Waals surface area (Å²) in [7, 11) is 0. The molecular formula is C16H13Cl2NO4. The predicted octanol–water partition coefficient (Wildman–Crippen LogP) is 3.80. The van der Waals surface area contributed by atoms with Crippen molar-refractivity contribution in [3.63, 3.8) is 0 Å². The van der Waals surface area contributed by atoms with Gasteiger partial charge in [0.05, 0.1) is 10.7 Å². The first kappa shape index (κ1) is 17.1. The van der Waals surface area contributed by atoms with Crippen molar-refractivity contribution in [1.29, 1.82) is 0 Å². The molecule has 2 aromatic rings.